The summed E-state index contributed by atoms with van der Waals surface area (Å²) < 4.78 is 40.6. The van der Waals surface area contributed by atoms with Gasteiger partial charge in [0.25, 0.3) is 0 Å². The molecule has 0 radical (unpaired) electrons. The van der Waals surface area contributed by atoms with E-state index in [4.69, 9.17) is 14.2 Å². The predicted molar refractivity (Wildman–Crippen MR) is 95.5 cm³/mol. The van der Waals surface area contributed by atoms with E-state index >= 15 is 0 Å². The third kappa shape index (κ3) is 4.19. The molecule has 0 saturated heterocycles. The highest BCUT2D eigenvalue weighted by Crippen LogP contribution is 2.22. The highest BCUT2D eigenvalue weighted by molar-refractivity contribution is 7.90. The van der Waals surface area contributed by atoms with Gasteiger partial charge >= 0.3 is 11.9 Å². The first-order valence-corrected chi connectivity index (χ1v) is 10.4. The normalized spacial score (nSPS) is 15.0. The van der Waals surface area contributed by atoms with Crippen LogP contribution in [0.3, 0.4) is 0 Å². The summed E-state index contributed by atoms with van der Waals surface area (Å²) in [5.41, 5.74) is 0.555. The van der Waals surface area contributed by atoms with Crippen molar-refractivity contribution in [3.63, 3.8) is 0 Å². The molecule has 1 aromatic carbocycles. The number of aromatic nitrogens is 1. The molecule has 0 spiro atoms. The molecule has 0 fully saturated rings. The molecule has 2 aromatic rings. The lowest BCUT2D eigenvalue weighted by Crippen LogP contribution is -2.23. The van der Waals surface area contributed by atoms with E-state index in [1.54, 1.807) is 6.07 Å². The second-order valence-electron chi connectivity index (χ2n) is 5.57. The number of amides is 1. The number of benzene rings is 1. The summed E-state index contributed by atoms with van der Waals surface area (Å²) in [6.45, 7) is 0.396. The van der Waals surface area contributed by atoms with Crippen LogP contribution in [0.1, 0.15) is 0 Å². The summed E-state index contributed by atoms with van der Waals surface area (Å²) in [6, 6.07) is 4.48. The molecule has 1 amide bonds. The van der Waals surface area contributed by atoms with Gasteiger partial charge in [-0.3, -0.25) is 9.59 Å². The van der Waals surface area contributed by atoms with Gasteiger partial charge < -0.3 is 18.8 Å². The number of ether oxygens (including phenoxy) is 3. The van der Waals surface area contributed by atoms with Gasteiger partial charge in [0.1, 0.15) is 26.0 Å². The molecule has 0 atom stereocenters. The van der Waals surface area contributed by atoms with Crippen LogP contribution in [0.5, 0.6) is 0 Å². The zero-order valence-corrected chi connectivity index (χ0v) is 16.1. The molecule has 0 saturated carbocycles. The Bertz CT molecular complexity index is 1110. The van der Waals surface area contributed by atoms with E-state index in [1.807, 2.05) is 0 Å². The Balaban J connectivity index is 2.15. The number of thiazole rings is 1. The first-order chi connectivity index (χ1) is 12.8. The summed E-state index contributed by atoms with van der Waals surface area (Å²) in [4.78, 5) is 28.4. The SMILES string of the molecule is COC(=O)Cn1c(=NC(=O)C2=COCCO2)sc2cc(S(C)(=O)=O)ccc21. The maximum absolute atomic E-state index is 12.3. The molecule has 1 aromatic heterocycles. The fraction of sp³-hybridized carbons (Fsp3) is 0.312. The molecular weight excluding hydrogens is 396 g/mol. The van der Waals surface area contributed by atoms with Crippen LogP contribution >= 0.6 is 11.3 Å². The van der Waals surface area contributed by atoms with Gasteiger partial charge in [0.05, 0.1) is 22.2 Å². The molecule has 0 unspecified atom stereocenters. The highest BCUT2D eigenvalue weighted by atomic mass is 32.2. The zero-order valence-electron chi connectivity index (χ0n) is 14.5. The maximum atomic E-state index is 12.3. The molecule has 3 rings (SSSR count). The fourth-order valence-electron chi connectivity index (χ4n) is 2.34. The van der Waals surface area contributed by atoms with Crippen molar-refractivity contribution in [2.75, 3.05) is 26.6 Å². The number of carbonyl (C=O) groups excluding carboxylic acids is 2. The minimum Gasteiger partial charge on any atom is -0.494 e. The van der Waals surface area contributed by atoms with Gasteiger partial charge in [-0.25, -0.2) is 8.42 Å². The van der Waals surface area contributed by atoms with Gasteiger partial charge in [-0.15, -0.1) is 0 Å². The van der Waals surface area contributed by atoms with Crippen LogP contribution in [-0.2, 0) is 40.2 Å². The Kier molecular flexibility index (Phi) is 5.33. The number of carbonyl (C=O) groups is 2. The third-order valence-corrected chi connectivity index (χ3v) is 5.81. The van der Waals surface area contributed by atoms with Crippen molar-refractivity contribution in [3.8, 4) is 0 Å². The number of hydrogen-bond donors (Lipinski definition) is 0. The van der Waals surface area contributed by atoms with Gasteiger partial charge in [0, 0.05) is 6.26 Å². The zero-order chi connectivity index (χ0) is 19.6. The van der Waals surface area contributed by atoms with Crippen molar-refractivity contribution >= 4 is 43.3 Å². The molecule has 1 aliphatic heterocycles. The average Bonchev–Trinajstić information content (AvgIpc) is 2.98. The molecule has 2 heterocycles. The Morgan fingerprint density at radius 3 is 2.74 bits per heavy atom. The largest absolute Gasteiger partial charge is 0.494 e. The van der Waals surface area contributed by atoms with E-state index in [1.165, 1.54) is 30.1 Å². The average molecular weight is 412 g/mol. The molecule has 0 N–H and O–H groups in total. The smallest absolute Gasteiger partial charge is 0.325 e. The van der Waals surface area contributed by atoms with Crippen molar-refractivity contribution in [2.45, 2.75) is 11.4 Å². The van der Waals surface area contributed by atoms with Crippen molar-refractivity contribution in [1.82, 2.24) is 4.57 Å². The molecule has 144 valence electrons. The maximum Gasteiger partial charge on any atom is 0.325 e. The second-order valence-corrected chi connectivity index (χ2v) is 8.59. The summed E-state index contributed by atoms with van der Waals surface area (Å²) in [5, 5.41) is 0. The van der Waals surface area contributed by atoms with Crippen LogP contribution in [0, 0.1) is 0 Å². The quantitative estimate of drug-likeness (QED) is 0.676. The number of methoxy groups -OCH3 is 1. The number of rotatable bonds is 4. The fourth-order valence-corrected chi connectivity index (χ4v) is 4.13. The molecule has 0 bridgehead atoms. The van der Waals surface area contributed by atoms with Crippen molar-refractivity contribution in [1.29, 1.82) is 0 Å². The summed E-state index contributed by atoms with van der Waals surface area (Å²) in [6.07, 6.45) is 2.29. The third-order valence-electron chi connectivity index (χ3n) is 3.65. The standard InChI is InChI=1S/C16H16N2O7S2/c1-23-14(19)8-18-11-4-3-10(27(2,21)22)7-13(11)26-16(18)17-15(20)12-9-24-5-6-25-12/h3-4,7,9H,5-6,8H2,1-2H3. The van der Waals surface area contributed by atoms with Crippen molar-refractivity contribution in [2.24, 2.45) is 4.99 Å². The minimum absolute atomic E-state index is 0.0415. The lowest BCUT2D eigenvalue weighted by Gasteiger charge is -2.12. The van der Waals surface area contributed by atoms with E-state index in [9.17, 15) is 18.0 Å². The molecular formula is C16H16N2O7S2. The molecule has 1 aliphatic rings. The first kappa shape index (κ1) is 19.1. The molecule has 9 nitrogen and oxygen atoms in total. The van der Waals surface area contributed by atoms with Gasteiger partial charge in [-0.1, -0.05) is 11.3 Å². The minimum atomic E-state index is -3.40. The Labute approximate surface area is 158 Å². The Hall–Kier alpha value is -2.66. The number of sulfone groups is 1. The summed E-state index contributed by atoms with van der Waals surface area (Å²) >= 11 is 1.08. The molecule has 11 heteroatoms. The first-order valence-electron chi connectivity index (χ1n) is 7.73. The van der Waals surface area contributed by atoms with Gasteiger partial charge in [0.15, 0.2) is 14.6 Å². The van der Waals surface area contributed by atoms with Crippen LogP contribution in [-0.4, -0.2) is 51.4 Å². The molecule has 0 aliphatic carbocycles. The van der Waals surface area contributed by atoms with Crippen molar-refractivity contribution < 1.29 is 32.2 Å². The monoisotopic (exact) mass is 412 g/mol. The van der Waals surface area contributed by atoms with E-state index in [0.29, 0.717) is 16.8 Å². The number of esters is 1. The lowest BCUT2D eigenvalue weighted by molar-refractivity contribution is -0.141. The Morgan fingerprint density at radius 1 is 1.33 bits per heavy atom. The number of nitrogens with zero attached hydrogens (tertiary/aromatic N) is 2. The predicted octanol–water partition coefficient (Wildman–Crippen LogP) is 0.595. The number of hydrogen-bond acceptors (Lipinski definition) is 8. The topological polar surface area (TPSA) is 113 Å². The Morgan fingerprint density at radius 2 is 2.11 bits per heavy atom. The number of fused-ring (bicyclic) bond motifs is 1. The van der Waals surface area contributed by atoms with Crippen LogP contribution < -0.4 is 4.80 Å². The van der Waals surface area contributed by atoms with Crippen LogP contribution in [0.25, 0.3) is 10.2 Å². The van der Waals surface area contributed by atoms with Gasteiger partial charge in [0.2, 0.25) is 5.76 Å². The highest BCUT2D eigenvalue weighted by Gasteiger charge is 2.18. The van der Waals surface area contributed by atoms with Crippen LogP contribution in [0.15, 0.2) is 40.1 Å². The van der Waals surface area contributed by atoms with E-state index in [-0.39, 0.29) is 28.6 Å². The van der Waals surface area contributed by atoms with Crippen LogP contribution in [0.4, 0.5) is 0 Å². The van der Waals surface area contributed by atoms with E-state index < -0.39 is 21.7 Å². The molecule has 27 heavy (non-hydrogen) atoms. The van der Waals surface area contributed by atoms with Crippen molar-refractivity contribution in [3.05, 3.63) is 35.0 Å². The van der Waals surface area contributed by atoms with Gasteiger partial charge in [-0.05, 0) is 18.2 Å². The van der Waals surface area contributed by atoms with Crippen LogP contribution in [0.2, 0.25) is 0 Å². The van der Waals surface area contributed by atoms with E-state index in [0.717, 1.165) is 17.6 Å². The summed E-state index contributed by atoms with van der Waals surface area (Å²) in [5.74, 6) is -1.24. The summed E-state index contributed by atoms with van der Waals surface area (Å²) in [7, 11) is -2.15. The van der Waals surface area contributed by atoms with E-state index in [2.05, 4.69) is 4.99 Å². The second kappa shape index (κ2) is 7.53. The van der Waals surface area contributed by atoms with Gasteiger partial charge in [-0.2, -0.15) is 4.99 Å². The lowest BCUT2D eigenvalue weighted by atomic mass is 10.3.